The molecule has 1 aromatic rings. The number of aryl methyl sites for hydroxylation is 1. The molecule has 1 heterocycles. The molecule has 0 bridgehead atoms. The van der Waals surface area contributed by atoms with Crippen molar-refractivity contribution >= 4 is 21.4 Å². The molecule has 0 saturated heterocycles. The van der Waals surface area contributed by atoms with Crippen LogP contribution in [0.25, 0.3) is 0 Å². The van der Waals surface area contributed by atoms with Gasteiger partial charge in [-0.05, 0) is 38.1 Å². The van der Waals surface area contributed by atoms with Crippen molar-refractivity contribution in [3.8, 4) is 0 Å². The smallest absolute Gasteiger partial charge is 0.242 e. The van der Waals surface area contributed by atoms with Gasteiger partial charge < -0.3 is 5.11 Å². The first-order valence-electron chi connectivity index (χ1n) is 5.45. The van der Waals surface area contributed by atoms with Crippen LogP contribution in [0.2, 0.25) is 0 Å². The van der Waals surface area contributed by atoms with E-state index in [4.69, 9.17) is 5.11 Å². The third-order valence-corrected chi connectivity index (χ3v) is 5.84. The minimum absolute atomic E-state index is 0.228. The molecule has 0 aromatic carbocycles. The van der Waals surface area contributed by atoms with Crippen LogP contribution in [0.4, 0.5) is 0 Å². The number of aliphatic hydroxyl groups is 1. The molecule has 0 unspecified atom stereocenters. The van der Waals surface area contributed by atoms with Gasteiger partial charge in [-0.15, -0.1) is 11.3 Å². The largest absolute Gasteiger partial charge is 0.391 e. The van der Waals surface area contributed by atoms with Crippen molar-refractivity contribution in [3.05, 3.63) is 15.8 Å². The second-order valence-electron chi connectivity index (χ2n) is 4.67. The van der Waals surface area contributed by atoms with Crippen molar-refractivity contribution in [1.29, 1.82) is 0 Å². The Morgan fingerprint density at radius 1 is 1.47 bits per heavy atom. The number of nitrogens with one attached hydrogen (secondary N) is 1. The van der Waals surface area contributed by atoms with Gasteiger partial charge in [0.2, 0.25) is 10.0 Å². The summed E-state index contributed by atoms with van der Waals surface area (Å²) in [6.07, 6.45) is 0.698. The Morgan fingerprint density at radius 3 is 2.53 bits per heavy atom. The van der Waals surface area contributed by atoms with Gasteiger partial charge in [0.25, 0.3) is 0 Å². The molecule has 0 aliphatic carbocycles. The van der Waals surface area contributed by atoms with Gasteiger partial charge in [0.05, 0.1) is 11.5 Å². The Balaban J connectivity index is 3.18. The Labute approximate surface area is 107 Å². The van der Waals surface area contributed by atoms with E-state index in [1.807, 2.05) is 20.8 Å². The molecule has 0 aliphatic heterocycles. The molecule has 0 amide bonds. The topological polar surface area (TPSA) is 66.4 Å². The Morgan fingerprint density at radius 2 is 2.06 bits per heavy atom. The quantitative estimate of drug-likeness (QED) is 0.865. The van der Waals surface area contributed by atoms with E-state index in [-0.39, 0.29) is 11.5 Å². The lowest BCUT2D eigenvalue weighted by Gasteiger charge is -2.24. The molecule has 1 aromatic heterocycles. The van der Waals surface area contributed by atoms with Crippen LogP contribution in [0.5, 0.6) is 0 Å². The van der Waals surface area contributed by atoms with Gasteiger partial charge in [-0.2, -0.15) is 0 Å². The van der Waals surface area contributed by atoms with Crippen LogP contribution in [0, 0.1) is 6.92 Å². The SMILES string of the molecule is CCC(C)(C)NS(=O)(=O)c1c(C)csc1CO. The maximum absolute atomic E-state index is 12.3. The van der Waals surface area contributed by atoms with Crippen LogP contribution >= 0.6 is 11.3 Å². The van der Waals surface area contributed by atoms with Crippen molar-refractivity contribution in [3.63, 3.8) is 0 Å². The van der Waals surface area contributed by atoms with Gasteiger partial charge in [0, 0.05) is 5.54 Å². The molecule has 0 radical (unpaired) electrons. The summed E-state index contributed by atoms with van der Waals surface area (Å²) in [4.78, 5) is 0.716. The normalized spacial score (nSPS) is 13.0. The molecule has 0 spiro atoms. The van der Waals surface area contributed by atoms with Gasteiger partial charge in [-0.1, -0.05) is 6.92 Å². The minimum Gasteiger partial charge on any atom is -0.391 e. The fourth-order valence-corrected chi connectivity index (χ4v) is 4.59. The Hall–Kier alpha value is -0.430. The third kappa shape index (κ3) is 3.28. The fraction of sp³-hybridized carbons (Fsp3) is 0.636. The van der Waals surface area contributed by atoms with Crippen LogP contribution in [-0.2, 0) is 16.6 Å². The Bertz CT molecular complexity index is 489. The van der Waals surface area contributed by atoms with Gasteiger partial charge in [0.1, 0.15) is 4.90 Å². The van der Waals surface area contributed by atoms with Crippen molar-refractivity contribution in [2.75, 3.05) is 0 Å². The second-order valence-corrected chi connectivity index (χ2v) is 7.26. The maximum atomic E-state index is 12.3. The first kappa shape index (κ1) is 14.6. The fourth-order valence-electron chi connectivity index (χ4n) is 1.44. The molecule has 2 N–H and O–H groups in total. The van der Waals surface area contributed by atoms with E-state index in [0.29, 0.717) is 16.9 Å². The van der Waals surface area contributed by atoms with Crippen LogP contribution in [0.1, 0.15) is 37.6 Å². The van der Waals surface area contributed by atoms with Crippen molar-refractivity contribution in [2.24, 2.45) is 0 Å². The average Bonchev–Trinajstić information content (AvgIpc) is 2.58. The highest BCUT2D eigenvalue weighted by Crippen LogP contribution is 2.28. The lowest BCUT2D eigenvalue weighted by molar-refractivity contribution is 0.282. The Kier molecular flexibility index (Phi) is 4.35. The van der Waals surface area contributed by atoms with E-state index in [0.717, 1.165) is 0 Å². The molecular formula is C11H19NO3S2. The van der Waals surface area contributed by atoms with E-state index >= 15 is 0 Å². The first-order valence-corrected chi connectivity index (χ1v) is 7.81. The molecule has 17 heavy (non-hydrogen) atoms. The summed E-state index contributed by atoms with van der Waals surface area (Å²) in [5, 5.41) is 10.9. The molecule has 6 heteroatoms. The molecule has 4 nitrogen and oxygen atoms in total. The van der Waals surface area contributed by atoms with Gasteiger partial charge in [0.15, 0.2) is 0 Å². The lowest BCUT2D eigenvalue weighted by atomic mass is 10.0. The summed E-state index contributed by atoms with van der Waals surface area (Å²) in [5.74, 6) is 0. The molecule has 0 atom stereocenters. The molecule has 0 fully saturated rings. The molecule has 1 rings (SSSR count). The van der Waals surface area contributed by atoms with Crippen LogP contribution < -0.4 is 4.72 Å². The number of hydrogen-bond acceptors (Lipinski definition) is 4. The third-order valence-electron chi connectivity index (χ3n) is 2.70. The van der Waals surface area contributed by atoms with Crippen molar-refractivity contribution in [1.82, 2.24) is 4.72 Å². The summed E-state index contributed by atoms with van der Waals surface area (Å²) >= 11 is 1.27. The predicted octanol–water partition coefficient (Wildman–Crippen LogP) is 2.02. The van der Waals surface area contributed by atoms with Crippen LogP contribution in [0.3, 0.4) is 0 Å². The molecular weight excluding hydrogens is 258 g/mol. The predicted molar refractivity (Wildman–Crippen MR) is 69.7 cm³/mol. The summed E-state index contributed by atoms with van der Waals surface area (Å²) in [6, 6.07) is 0. The minimum atomic E-state index is -3.56. The van der Waals surface area contributed by atoms with E-state index in [2.05, 4.69) is 4.72 Å². The van der Waals surface area contributed by atoms with E-state index in [1.165, 1.54) is 11.3 Å². The molecule has 0 saturated carbocycles. The molecule has 0 aliphatic rings. The van der Waals surface area contributed by atoms with Crippen LogP contribution in [0.15, 0.2) is 10.3 Å². The number of thiophene rings is 1. The number of sulfonamides is 1. The van der Waals surface area contributed by atoms with Crippen molar-refractivity contribution in [2.45, 2.75) is 51.2 Å². The maximum Gasteiger partial charge on any atom is 0.242 e. The summed E-state index contributed by atoms with van der Waals surface area (Å²) in [7, 11) is -3.56. The van der Waals surface area contributed by atoms with E-state index in [1.54, 1.807) is 12.3 Å². The van der Waals surface area contributed by atoms with E-state index in [9.17, 15) is 8.42 Å². The highest BCUT2D eigenvalue weighted by Gasteiger charge is 2.28. The highest BCUT2D eigenvalue weighted by molar-refractivity contribution is 7.89. The zero-order chi connectivity index (χ0) is 13.3. The van der Waals surface area contributed by atoms with E-state index < -0.39 is 15.6 Å². The zero-order valence-corrected chi connectivity index (χ0v) is 12.2. The highest BCUT2D eigenvalue weighted by atomic mass is 32.2. The zero-order valence-electron chi connectivity index (χ0n) is 10.6. The standard InChI is InChI=1S/C11H19NO3S2/c1-5-11(3,4)12-17(14,15)10-8(2)7-16-9(10)6-13/h7,12-13H,5-6H2,1-4H3. The van der Waals surface area contributed by atoms with Gasteiger partial charge in [-0.3, -0.25) is 0 Å². The van der Waals surface area contributed by atoms with Crippen molar-refractivity contribution < 1.29 is 13.5 Å². The van der Waals surface area contributed by atoms with Crippen LogP contribution in [-0.4, -0.2) is 19.1 Å². The molecule has 98 valence electrons. The summed E-state index contributed by atoms with van der Waals surface area (Å²) < 4.78 is 27.2. The number of aliphatic hydroxyl groups excluding tert-OH is 1. The van der Waals surface area contributed by atoms with Gasteiger partial charge in [-0.25, -0.2) is 13.1 Å². The average molecular weight is 277 g/mol. The first-order chi connectivity index (χ1) is 7.73. The summed E-state index contributed by atoms with van der Waals surface area (Å²) in [6.45, 7) is 7.09. The number of hydrogen-bond donors (Lipinski definition) is 2. The second kappa shape index (κ2) is 5.06. The lowest BCUT2D eigenvalue weighted by Crippen LogP contribution is -2.42. The summed E-state index contributed by atoms with van der Waals surface area (Å²) in [5.41, 5.74) is 0.193. The monoisotopic (exact) mass is 277 g/mol. The van der Waals surface area contributed by atoms with Gasteiger partial charge >= 0.3 is 0 Å². The number of rotatable bonds is 5.